The fourth-order valence-corrected chi connectivity index (χ4v) is 2.44. The van der Waals surface area contributed by atoms with E-state index in [0.29, 0.717) is 35.6 Å². The Morgan fingerprint density at radius 2 is 2.00 bits per heavy atom. The fraction of sp³-hybridized carbons (Fsp3) is 0.125. The molecule has 8 nitrogen and oxygen atoms in total. The molecule has 3 heterocycles. The number of fused-ring (bicyclic) bond motifs is 2. The number of nitrogens with one attached hydrogen (secondary N) is 1. The zero-order valence-electron chi connectivity index (χ0n) is 12.4. The van der Waals surface area contributed by atoms with Crippen LogP contribution in [0.25, 0.3) is 10.9 Å². The molecule has 1 aromatic carbocycles. The number of aromatic amines is 1. The highest BCUT2D eigenvalue weighted by Gasteiger charge is 2.18. The standard InChI is InChI=1S/C16H12N4O4/c21-15(10-3-1-2-4-17-10)20-19-14-9-7-12-13(24-6-5-23-12)8-11(9)18-16(14)22/h1-4,7-8,18,22H,5-6H2. The SMILES string of the molecule is O=C(N=Nc1c(O)[nH]c2cc3c(cc12)OCCO3)c1ccccn1. The van der Waals surface area contributed by atoms with Crippen LogP contribution in [0.4, 0.5) is 5.69 Å². The van der Waals surface area contributed by atoms with Gasteiger partial charge in [0, 0.05) is 17.6 Å². The molecule has 0 bridgehead atoms. The Labute approximate surface area is 135 Å². The zero-order chi connectivity index (χ0) is 16.5. The molecule has 1 aliphatic rings. The third-order valence-corrected chi connectivity index (χ3v) is 3.54. The Bertz CT molecular complexity index is 950. The summed E-state index contributed by atoms with van der Waals surface area (Å²) < 4.78 is 11.0. The van der Waals surface area contributed by atoms with Gasteiger partial charge in [-0.3, -0.25) is 9.78 Å². The third kappa shape index (κ3) is 2.43. The van der Waals surface area contributed by atoms with Gasteiger partial charge in [0.1, 0.15) is 18.9 Å². The van der Waals surface area contributed by atoms with Crippen molar-refractivity contribution in [3.63, 3.8) is 0 Å². The first-order valence-corrected chi connectivity index (χ1v) is 7.24. The van der Waals surface area contributed by atoms with Crippen LogP contribution < -0.4 is 9.47 Å². The number of nitrogens with zero attached hydrogens (tertiary/aromatic N) is 3. The van der Waals surface area contributed by atoms with Crippen molar-refractivity contribution in [2.75, 3.05) is 13.2 Å². The van der Waals surface area contributed by atoms with Crippen molar-refractivity contribution in [1.82, 2.24) is 9.97 Å². The second-order valence-electron chi connectivity index (χ2n) is 5.08. The van der Waals surface area contributed by atoms with Crippen LogP contribution >= 0.6 is 0 Å². The van der Waals surface area contributed by atoms with Crippen LogP contribution in [-0.2, 0) is 0 Å². The summed E-state index contributed by atoms with van der Waals surface area (Å²) in [5.41, 5.74) is 0.942. The molecule has 0 saturated carbocycles. The number of aromatic hydroxyl groups is 1. The van der Waals surface area contributed by atoms with E-state index in [9.17, 15) is 9.90 Å². The average molecular weight is 324 g/mol. The molecule has 0 aliphatic carbocycles. The molecular weight excluding hydrogens is 312 g/mol. The van der Waals surface area contributed by atoms with Crippen LogP contribution in [0.5, 0.6) is 17.4 Å². The average Bonchev–Trinajstić information content (AvgIpc) is 2.92. The molecule has 0 saturated heterocycles. The number of benzene rings is 1. The van der Waals surface area contributed by atoms with Gasteiger partial charge in [-0.15, -0.1) is 10.2 Å². The molecule has 0 fully saturated rings. The van der Waals surface area contributed by atoms with E-state index in [1.807, 2.05) is 0 Å². The summed E-state index contributed by atoms with van der Waals surface area (Å²) in [6.45, 7) is 0.917. The Balaban J connectivity index is 1.72. The lowest BCUT2D eigenvalue weighted by Gasteiger charge is -2.17. The lowest BCUT2D eigenvalue weighted by Crippen LogP contribution is -2.15. The lowest BCUT2D eigenvalue weighted by molar-refractivity contribution is 0.0990. The molecular formula is C16H12N4O4. The summed E-state index contributed by atoms with van der Waals surface area (Å²) in [6, 6.07) is 8.33. The molecule has 120 valence electrons. The van der Waals surface area contributed by atoms with E-state index in [4.69, 9.17) is 9.47 Å². The Morgan fingerprint density at radius 3 is 2.75 bits per heavy atom. The highest BCUT2D eigenvalue weighted by molar-refractivity contribution is 5.97. The van der Waals surface area contributed by atoms with E-state index in [2.05, 4.69) is 20.2 Å². The minimum Gasteiger partial charge on any atom is -0.493 e. The van der Waals surface area contributed by atoms with Crippen LogP contribution in [-0.4, -0.2) is 34.2 Å². The van der Waals surface area contributed by atoms with Gasteiger partial charge in [-0.25, -0.2) is 0 Å². The predicted octanol–water partition coefficient (Wildman–Crippen LogP) is 2.96. The smallest absolute Gasteiger partial charge is 0.313 e. The van der Waals surface area contributed by atoms with Gasteiger partial charge < -0.3 is 19.6 Å². The summed E-state index contributed by atoms with van der Waals surface area (Å²) in [6.07, 6.45) is 1.50. The maximum absolute atomic E-state index is 12.0. The summed E-state index contributed by atoms with van der Waals surface area (Å²) in [7, 11) is 0. The molecule has 0 radical (unpaired) electrons. The zero-order valence-corrected chi connectivity index (χ0v) is 12.4. The van der Waals surface area contributed by atoms with Crippen LogP contribution in [0.1, 0.15) is 10.5 Å². The van der Waals surface area contributed by atoms with Crippen molar-refractivity contribution in [2.45, 2.75) is 0 Å². The van der Waals surface area contributed by atoms with E-state index < -0.39 is 5.91 Å². The normalized spacial score (nSPS) is 13.5. The third-order valence-electron chi connectivity index (χ3n) is 3.54. The molecule has 8 heteroatoms. The molecule has 0 unspecified atom stereocenters. The Kier molecular flexibility index (Phi) is 3.34. The molecule has 2 aromatic heterocycles. The van der Waals surface area contributed by atoms with Crippen molar-refractivity contribution >= 4 is 22.5 Å². The first-order valence-electron chi connectivity index (χ1n) is 7.24. The van der Waals surface area contributed by atoms with Gasteiger partial charge in [0.15, 0.2) is 17.2 Å². The first-order chi connectivity index (χ1) is 11.7. The Hall–Kier alpha value is -3.42. The van der Waals surface area contributed by atoms with Crippen LogP contribution in [0.2, 0.25) is 0 Å². The van der Waals surface area contributed by atoms with Crippen molar-refractivity contribution < 1.29 is 19.4 Å². The molecule has 2 N–H and O–H groups in total. The Morgan fingerprint density at radius 1 is 1.21 bits per heavy atom. The van der Waals surface area contributed by atoms with Crippen molar-refractivity contribution in [2.24, 2.45) is 10.2 Å². The molecule has 4 rings (SSSR count). The van der Waals surface area contributed by atoms with E-state index >= 15 is 0 Å². The second-order valence-corrected chi connectivity index (χ2v) is 5.08. The van der Waals surface area contributed by atoms with Crippen LogP contribution in [0, 0.1) is 0 Å². The van der Waals surface area contributed by atoms with Gasteiger partial charge in [-0.1, -0.05) is 6.07 Å². The van der Waals surface area contributed by atoms with Crippen molar-refractivity contribution in [3.05, 3.63) is 42.2 Å². The number of pyridine rings is 1. The van der Waals surface area contributed by atoms with Gasteiger partial charge in [0.2, 0.25) is 5.88 Å². The van der Waals surface area contributed by atoms with Crippen LogP contribution in [0.3, 0.4) is 0 Å². The van der Waals surface area contributed by atoms with Gasteiger partial charge in [-0.05, 0) is 18.2 Å². The van der Waals surface area contributed by atoms with E-state index in [-0.39, 0.29) is 17.3 Å². The number of hydrogen-bond donors (Lipinski definition) is 2. The molecule has 1 aliphatic heterocycles. The molecule has 24 heavy (non-hydrogen) atoms. The van der Waals surface area contributed by atoms with Gasteiger partial charge in [0.25, 0.3) is 0 Å². The van der Waals surface area contributed by atoms with E-state index in [0.717, 1.165) is 0 Å². The molecule has 0 spiro atoms. The summed E-state index contributed by atoms with van der Waals surface area (Å²) in [4.78, 5) is 18.7. The van der Waals surface area contributed by atoms with E-state index in [1.165, 1.54) is 12.3 Å². The van der Waals surface area contributed by atoms with Gasteiger partial charge >= 0.3 is 5.91 Å². The monoisotopic (exact) mass is 324 g/mol. The fourth-order valence-electron chi connectivity index (χ4n) is 2.44. The number of ether oxygens (including phenoxy) is 2. The molecule has 3 aromatic rings. The second kappa shape index (κ2) is 5.65. The maximum atomic E-state index is 12.0. The van der Waals surface area contributed by atoms with Crippen LogP contribution in [0.15, 0.2) is 46.8 Å². The maximum Gasteiger partial charge on any atom is 0.313 e. The highest BCUT2D eigenvalue weighted by Crippen LogP contribution is 2.42. The molecule has 1 amide bonds. The van der Waals surface area contributed by atoms with Crippen molar-refractivity contribution in [1.29, 1.82) is 0 Å². The lowest BCUT2D eigenvalue weighted by atomic mass is 10.2. The number of carbonyl (C=O) groups is 1. The number of hydrogen-bond acceptors (Lipinski definition) is 6. The predicted molar refractivity (Wildman–Crippen MR) is 84.0 cm³/mol. The number of azo groups is 1. The summed E-state index contributed by atoms with van der Waals surface area (Å²) in [5.74, 6) is 0.357. The minimum atomic E-state index is -0.595. The van der Waals surface area contributed by atoms with Crippen molar-refractivity contribution in [3.8, 4) is 17.4 Å². The number of amides is 1. The quantitative estimate of drug-likeness (QED) is 0.704. The summed E-state index contributed by atoms with van der Waals surface area (Å²) >= 11 is 0. The summed E-state index contributed by atoms with van der Waals surface area (Å²) in [5, 5.41) is 18.1. The molecule has 0 atom stereocenters. The number of H-pyrrole nitrogens is 1. The highest BCUT2D eigenvalue weighted by atomic mass is 16.6. The number of rotatable bonds is 2. The number of carbonyl (C=O) groups excluding carboxylic acids is 1. The van der Waals surface area contributed by atoms with Gasteiger partial charge in [0.05, 0.1) is 5.52 Å². The van der Waals surface area contributed by atoms with E-state index in [1.54, 1.807) is 24.3 Å². The first kappa shape index (κ1) is 14.2. The minimum absolute atomic E-state index is 0.159. The number of aromatic nitrogens is 2. The van der Waals surface area contributed by atoms with Gasteiger partial charge in [-0.2, -0.15) is 0 Å². The topological polar surface area (TPSA) is 109 Å². The largest absolute Gasteiger partial charge is 0.493 e.